The van der Waals surface area contributed by atoms with E-state index in [1.54, 1.807) is 0 Å². The molecule has 390 valence electrons. The van der Waals surface area contributed by atoms with E-state index < -0.39 is 41.8 Å². The first-order valence-corrected chi connectivity index (χ1v) is 24.4. The van der Waals surface area contributed by atoms with Crippen LogP contribution in [0.4, 0.5) is 0 Å². The number of hydrogen-bond acceptors (Lipinski definition) is 13. The lowest BCUT2D eigenvalue weighted by Gasteiger charge is -2.25. The number of rotatable bonds is 22. The zero-order valence-corrected chi connectivity index (χ0v) is 42.0. The number of nitrogens with one attached hydrogen (secondary N) is 4. The summed E-state index contributed by atoms with van der Waals surface area (Å²) in [6.45, 7) is 10.2. The van der Waals surface area contributed by atoms with Crippen LogP contribution in [0, 0.1) is 11.8 Å². The van der Waals surface area contributed by atoms with E-state index in [4.69, 9.17) is 49.4 Å². The van der Waals surface area contributed by atoms with Gasteiger partial charge in [0, 0.05) is 72.4 Å². The Hall–Kier alpha value is -8.11. The highest BCUT2D eigenvalue weighted by molar-refractivity contribution is 6.38. The van der Waals surface area contributed by atoms with Crippen molar-refractivity contribution in [3.63, 3.8) is 0 Å². The number of Topliss-reactive ketones (excluding diaryl/α,β-unsaturated/α-hetero) is 1. The summed E-state index contributed by atoms with van der Waals surface area (Å²) in [6.07, 6.45) is 8.56. The number of nitrogens with zero attached hydrogens (tertiary/aromatic N) is 6. The highest BCUT2D eigenvalue weighted by atomic mass is 16.4. The summed E-state index contributed by atoms with van der Waals surface area (Å²) < 4.78 is 0. The molecule has 0 aromatic rings. The number of fused-ring (bicyclic) bond motifs is 5. The molecule has 8 bridgehead atoms. The Kier molecular flexibility index (Phi) is 17.7. The predicted octanol–water partition coefficient (Wildman–Crippen LogP) is 1.34. The van der Waals surface area contributed by atoms with Crippen LogP contribution >= 0.6 is 0 Å². The summed E-state index contributed by atoms with van der Waals surface area (Å²) in [5, 5.41) is 32.1. The van der Waals surface area contributed by atoms with Gasteiger partial charge in [0.05, 0.1) is 40.5 Å². The maximum Gasteiger partial charge on any atom is 0.326 e. The van der Waals surface area contributed by atoms with Gasteiger partial charge in [0.25, 0.3) is 0 Å². The number of allylic oxidation sites excluding steroid dienone is 12. The minimum Gasteiger partial charge on any atom is -0.515 e. The lowest BCUT2D eigenvalue weighted by atomic mass is 9.86. The molecule has 6 rings (SSSR count). The maximum absolute atomic E-state index is 14.2. The highest BCUT2D eigenvalue weighted by Gasteiger charge is 2.43. The van der Waals surface area contributed by atoms with Gasteiger partial charge in [-0.3, -0.25) is 34.2 Å². The van der Waals surface area contributed by atoms with Crippen LogP contribution in [0.5, 0.6) is 0 Å². The molecule has 3 amide bonds. The third-order valence-corrected chi connectivity index (χ3v) is 13.6. The van der Waals surface area contributed by atoms with Crippen LogP contribution in [0.1, 0.15) is 98.8 Å². The number of aliphatic carboxylic acids is 1. The lowest BCUT2D eigenvalue weighted by Crippen LogP contribution is -2.55. The summed E-state index contributed by atoms with van der Waals surface area (Å²) in [5.41, 5.74) is 43.6. The van der Waals surface area contributed by atoms with Gasteiger partial charge in [-0.05, 0) is 113 Å². The minimum atomic E-state index is -1.34. The minimum absolute atomic E-state index is 0.00830. The number of carboxylic acids is 1. The number of aliphatic hydroxyl groups excluding tert-OH is 1. The van der Waals surface area contributed by atoms with Crippen LogP contribution in [0.25, 0.3) is 0 Å². The summed E-state index contributed by atoms with van der Waals surface area (Å²) in [4.78, 5) is 95.1. The van der Waals surface area contributed by atoms with E-state index in [0.717, 1.165) is 51.2 Å². The van der Waals surface area contributed by atoms with Gasteiger partial charge in [-0.1, -0.05) is 13.8 Å². The number of carbonyl (C=O) groups is 5. The van der Waals surface area contributed by atoms with Crippen molar-refractivity contribution < 1.29 is 34.2 Å². The standard InChI is InChI=1S/C50H68N16O7/c1-6-27-23(2)35-20-39-30(22-67)25(4)34(61-39)19-36-24(3)28(43(63-36)29-18-40(68)42-26(5)37(64-44(29)42)21-38(27)60-35)13-14-41(69)62-31(10-7-15-57-48(51)52)45(70)65-32(11-8-16-58-49(53)54)46(71)66-33(47(72)73)12-9-17-59-50(55)56/h19-22,24,28,31-33,63,67H,6-18H2,1-5H3,(H,62,69)(H,65,70)(H,66,71)(H,72,73)(H4,51,52,57)(H4,53,54,58)(H4,55,56,59)/b30-22+,35-20?,36-19?,37-21?,43-29?/t24-,28-,31-,32-,33-/m0/s1. The molecule has 5 heterocycles. The van der Waals surface area contributed by atoms with Gasteiger partial charge in [0.2, 0.25) is 17.7 Å². The van der Waals surface area contributed by atoms with E-state index in [9.17, 15) is 34.2 Å². The number of hydrogen-bond donors (Lipinski definition) is 12. The normalized spacial score (nSPS) is 20.6. The van der Waals surface area contributed by atoms with Gasteiger partial charge in [-0.15, -0.1) is 0 Å². The van der Waals surface area contributed by atoms with Crippen LogP contribution < -0.4 is 55.7 Å². The number of amides is 3. The number of carboxylic acid groups (broad SMARTS) is 1. The number of aliphatic hydroxyl groups is 1. The molecule has 23 nitrogen and oxygen atoms in total. The zero-order chi connectivity index (χ0) is 53.3. The summed E-state index contributed by atoms with van der Waals surface area (Å²) in [6, 6.07) is -3.78. The maximum atomic E-state index is 14.2. The predicted molar refractivity (Wildman–Crippen MR) is 280 cm³/mol. The molecule has 2 fully saturated rings. The van der Waals surface area contributed by atoms with Crippen molar-refractivity contribution in [3.05, 3.63) is 92.0 Å². The average molecular weight is 1010 g/mol. The van der Waals surface area contributed by atoms with Gasteiger partial charge < -0.3 is 65.9 Å². The van der Waals surface area contributed by atoms with Gasteiger partial charge in [-0.2, -0.15) is 0 Å². The molecule has 0 aromatic carbocycles. The third-order valence-electron chi connectivity index (χ3n) is 13.6. The van der Waals surface area contributed by atoms with Gasteiger partial charge in [-0.25, -0.2) is 19.8 Å². The van der Waals surface area contributed by atoms with Crippen molar-refractivity contribution in [1.29, 1.82) is 0 Å². The van der Waals surface area contributed by atoms with Crippen molar-refractivity contribution in [2.45, 2.75) is 117 Å². The number of guanidine groups is 3. The van der Waals surface area contributed by atoms with E-state index >= 15 is 0 Å². The molecule has 23 heteroatoms. The van der Waals surface area contributed by atoms with Crippen LogP contribution in [-0.4, -0.2) is 112 Å². The Balaban J connectivity index is 1.29. The molecule has 5 atom stereocenters. The topological polar surface area (TPSA) is 404 Å². The Morgan fingerprint density at radius 2 is 1.32 bits per heavy atom. The Labute approximate surface area is 423 Å². The number of nitrogens with two attached hydrogens (primary N) is 6. The second kappa shape index (κ2) is 23.9. The second-order valence-corrected chi connectivity index (χ2v) is 18.6. The van der Waals surface area contributed by atoms with Gasteiger partial charge >= 0.3 is 5.97 Å². The molecule has 6 aliphatic rings. The van der Waals surface area contributed by atoms with E-state index in [1.807, 2.05) is 45.9 Å². The average Bonchev–Trinajstić information content (AvgIpc) is 4.09. The molecule has 1 saturated heterocycles. The zero-order valence-electron chi connectivity index (χ0n) is 42.0. The Morgan fingerprint density at radius 3 is 1.88 bits per heavy atom. The number of aliphatic imine (C=N–C) groups is 6. The van der Waals surface area contributed by atoms with Crippen molar-refractivity contribution in [1.82, 2.24) is 21.3 Å². The van der Waals surface area contributed by atoms with Crippen LogP contribution in [0.2, 0.25) is 0 Å². The molecule has 1 aliphatic carbocycles. The van der Waals surface area contributed by atoms with Crippen molar-refractivity contribution in [2.24, 2.45) is 76.2 Å². The third kappa shape index (κ3) is 12.9. The van der Waals surface area contributed by atoms with Crippen LogP contribution in [-0.2, 0) is 24.0 Å². The molecule has 0 unspecified atom stereocenters. The largest absolute Gasteiger partial charge is 0.515 e. The molecule has 1 saturated carbocycles. The van der Waals surface area contributed by atoms with Crippen LogP contribution in [0.3, 0.4) is 0 Å². The summed E-state index contributed by atoms with van der Waals surface area (Å²) in [7, 11) is 0. The molecule has 18 N–H and O–H groups in total. The quantitative estimate of drug-likeness (QED) is 0.0315. The molecule has 5 aliphatic heterocycles. The molecule has 0 aromatic heterocycles. The fourth-order valence-corrected chi connectivity index (χ4v) is 9.67. The van der Waals surface area contributed by atoms with Crippen LogP contribution in [0.15, 0.2) is 122 Å². The van der Waals surface area contributed by atoms with E-state index in [1.165, 1.54) is 0 Å². The summed E-state index contributed by atoms with van der Waals surface area (Å²) >= 11 is 0. The highest BCUT2D eigenvalue weighted by Crippen LogP contribution is 2.45. The molecule has 73 heavy (non-hydrogen) atoms. The number of ketones is 1. The number of carbonyl (C=O) groups excluding carboxylic acids is 4. The smallest absolute Gasteiger partial charge is 0.326 e. The first-order chi connectivity index (χ1) is 34.7. The molecule has 0 radical (unpaired) electrons. The van der Waals surface area contributed by atoms with Crippen molar-refractivity contribution in [3.8, 4) is 0 Å². The Bertz CT molecular complexity index is 2770. The van der Waals surface area contributed by atoms with E-state index in [0.29, 0.717) is 46.1 Å². The summed E-state index contributed by atoms with van der Waals surface area (Å²) in [5.74, 6) is -4.40. The van der Waals surface area contributed by atoms with Crippen molar-refractivity contribution in [2.75, 3.05) is 19.6 Å². The first kappa shape index (κ1) is 54.2. The molecule has 0 spiro atoms. The van der Waals surface area contributed by atoms with Gasteiger partial charge in [0.1, 0.15) is 18.1 Å². The SMILES string of the molecule is CCC1=C(C)C2=CC3=NC(=C(C)/C3=C\O)C=C3NC(=C4CC(=O)C5=C(C)C(=CC1=N2)N=C45)[C@@H](CCC(=O)N[C@@H](CCCN=C(N)N)C(=O)N[C@@H](CCCN=C(N)N)C(=O)N[C@@H](CCCN=C(N)N)C(=O)O)[C@@H]3C. The lowest BCUT2D eigenvalue weighted by molar-refractivity contribution is -0.142. The second-order valence-electron chi connectivity index (χ2n) is 18.6. The Morgan fingerprint density at radius 1 is 0.767 bits per heavy atom. The monoisotopic (exact) mass is 1000 g/mol. The first-order valence-electron chi connectivity index (χ1n) is 24.4. The fraction of sp³-hybridized carbons (Fsp3) is 0.460. The van der Waals surface area contributed by atoms with Gasteiger partial charge in [0.15, 0.2) is 23.7 Å². The van der Waals surface area contributed by atoms with E-state index in [-0.39, 0.29) is 113 Å². The molecular weight excluding hydrogens is 937 g/mol. The fourth-order valence-electron chi connectivity index (χ4n) is 9.67. The van der Waals surface area contributed by atoms with Crippen molar-refractivity contribution >= 4 is 64.5 Å². The molecular formula is C50H68N16O7. The van der Waals surface area contributed by atoms with E-state index in [2.05, 4.69) is 43.2 Å².